The van der Waals surface area contributed by atoms with Crippen molar-refractivity contribution in [2.24, 2.45) is 0 Å². The van der Waals surface area contributed by atoms with Crippen molar-refractivity contribution in [2.75, 3.05) is 26.2 Å². The molecule has 1 aromatic rings. The van der Waals surface area contributed by atoms with Crippen LogP contribution in [-0.4, -0.2) is 59.7 Å². The second-order valence-electron chi connectivity index (χ2n) is 5.72. The Bertz CT molecular complexity index is 610. The molecule has 0 atom stereocenters. The van der Waals surface area contributed by atoms with Crippen LogP contribution in [0.1, 0.15) is 24.2 Å². The second-order valence-corrected chi connectivity index (χ2v) is 6.97. The number of piperazine rings is 1. The molecule has 1 saturated heterocycles. The first kappa shape index (κ1) is 17.7. The molecule has 23 heavy (non-hydrogen) atoms. The smallest absolute Gasteiger partial charge is 0.312 e. The highest BCUT2D eigenvalue weighted by Crippen LogP contribution is 2.12. The lowest BCUT2D eigenvalue weighted by molar-refractivity contribution is -0.147. The first-order valence-corrected chi connectivity index (χ1v) is 8.61. The molecule has 1 fully saturated rings. The number of hydrogen-bond acceptors (Lipinski definition) is 3. The zero-order chi connectivity index (χ0) is 17.0. The van der Waals surface area contributed by atoms with Crippen molar-refractivity contribution in [3.05, 3.63) is 33.4 Å². The van der Waals surface area contributed by atoms with E-state index >= 15 is 0 Å². The highest BCUT2D eigenvalue weighted by atomic mass is 127. The van der Waals surface area contributed by atoms with Gasteiger partial charge in [-0.1, -0.05) is 6.07 Å². The molecule has 0 spiro atoms. The number of amides is 3. The monoisotopic (exact) mass is 429 g/mol. The number of nitrogens with one attached hydrogen (secondary N) is 1. The fourth-order valence-corrected chi connectivity index (χ4v) is 2.93. The van der Waals surface area contributed by atoms with Crippen LogP contribution < -0.4 is 5.32 Å². The molecule has 0 unspecified atom stereocenters. The van der Waals surface area contributed by atoms with Crippen LogP contribution in [0.3, 0.4) is 0 Å². The lowest BCUT2D eigenvalue weighted by Gasteiger charge is -2.34. The predicted octanol–water partition coefficient (Wildman–Crippen LogP) is 1.10. The minimum absolute atomic E-state index is 0.0396. The number of benzene rings is 1. The molecule has 3 amide bonds. The second kappa shape index (κ2) is 7.76. The number of hydrogen-bond donors (Lipinski definition) is 1. The molecule has 6 nitrogen and oxygen atoms in total. The van der Waals surface area contributed by atoms with E-state index in [1.807, 2.05) is 32.0 Å². The van der Waals surface area contributed by atoms with Crippen LogP contribution in [0.15, 0.2) is 24.3 Å². The molecular weight excluding hydrogens is 409 g/mol. The van der Waals surface area contributed by atoms with Crippen molar-refractivity contribution in [2.45, 2.75) is 19.9 Å². The molecule has 0 aliphatic carbocycles. The van der Waals surface area contributed by atoms with Crippen LogP contribution >= 0.6 is 22.6 Å². The van der Waals surface area contributed by atoms with Gasteiger partial charge >= 0.3 is 11.8 Å². The minimum Gasteiger partial charge on any atom is -0.346 e. The van der Waals surface area contributed by atoms with E-state index in [-0.39, 0.29) is 11.9 Å². The number of halogens is 1. The van der Waals surface area contributed by atoms with E-state index in [1.165, 1.54) is 4.90 Å². The maximum atomic E-state index is 12.4. The van der Waals surface area contributed by atoms with Gasteiger partial charge in [0.05, 0.1) is 0 Å². The zero-order valence-electron chi connectivity index (χ0n) is 13.2. The quantitative estimate of drug-likeness (QED) is 0.566. The van der Waals surface area contributed by atoms with Crippen molar-refractivity contribution in [1.29, 1.82) is 0 Å². The molecule has 1 aromatic carbocycles. The van der Waals surface area contributed by atoms with Crippen molar-refractivity contribution in [3.63, 3.8) is 0 Å². The number of carbonyl (C=O) groups excluding carboxylic acids is 3. The molecular formula is C16H20IN3O3. The summed E-state index contributed by atoms with van der Waals surface area (Å²) in [7, 11) is 0. The van der Waals surface area contributed by atoms with Gasteiger partial charge in [0.15, 0.2) is 0 Å². The Kier molecular flexibility index (Phi) is 5.97. The summed E-state index contributed by atoms with van der Waals surface area (Å²) in [5.41, 5.74) is 0.647. The third kappa shape index (κ3) is 4.66. The van der Waals surface area contributed by atoms with Crippen LogP contribution in [0, 0.1) is 3.57 Å². The van der Waals surface area contributed by atoms with E-state index in [2.05, 4.69) is 27.9 Å². The van der Waals surface area contributed by atoms with Crippen LogP contribution in [0.5, 0.6) is 0 Å². The summed E-state index contributed by atoms with van der Waals surface area (Å²) in [6.45, 7) is 5.24. The molecule has 0 bridgehead atoms. The maximum Gasteiger partial charge on any atom is 0.312 e. The maximum absolute atomic E-state index is 12.4. The van der Waals surface area contributed by atoms with Gasteiger partial charge in [-0.3, -0.25) is 14.4 Å². The predicted molar refractivity (Wildman–Crippen MR) is 94.9 cm³/mol. The summed E-state index contributed by atoms with van der Waals surface area (Å²) in [5, 5.41) is 2.59. The standard InChI is InChI=1S/C16H20IN3O3/c1-11(2)18-14(21)16(23)20-8-6-19(7-9-20)15(22)12-4-3-5-13(17)10-12/h3-5,10-11H,6-9H2,1-2H3,(H,18,21). The van der Waals surface area contributed by atoms with Crippen molar-refractivity contribution in [3.8, 4) is 0 Å². The Morgan fingerprint density at radius 1 is 1.09 bits per heavy atom. The van der Waals surface area contributed by atoms with Crippen LogP contribution in [0.2, 0.25) is 0 Å². The Labute approximate surface area is 149 Å². The minimum atomic E-state index is -0.586. The topological polar surface area (TPSA) is 69.7 Å². The van der Waals surface area contributed by atoms with E-state index in [9.17, 15) is 14.4 Å². The number of nitrogens with zero attached hydrogens (tertiary/aromatic N) is 2. The third-order valence-electron chi connectivity index (χ3n) is 3.54. The molecule has 7 heteroatoms. The normalized spacial score (nSPS) is 14.8. The van der Waals surface area contributed by atoms with E-state index in [0.717, 1.165) is 3.57 Å². The molecule has 1 aliphatic heterocycles. The molecule has 0 saturated carbocycles. The average molecular weight is 429 g/mol. The van der Waals surface area contributed by atoms with E-state index in [1.54, 1.807) is 11.0 Å². The van der Waals surface area contributed by atoms with Crippen molar-refractivity contribution in [1.82, 2.24) is 15.1 Å². The van der Waals surface area contributed by atoms with Gasteiger partial charge in [0.2, 0.25) is 0 Å². The molecule has 1 N–H and O–H groups in total. The van der Waals surface area contributed by atoms with Gasteiger partial charge in [-0.2, -0.15) is 0 Å². The molecule has 0 radical (unpaired) electrons. The van der Waals surface area contributed by atoms with Gasteiger partial charge < -0.3 is 15.1 Å². The highest BCUT2D eigenvalue weighted by Gasteiger charge is 2.28. The van der Waals surface area contributed by atoms with Gasteiger partial charge in [0, 0.05) is 41.4 Å². The molecule has 2 rings (SSSR count). The van der Waals surface area contributed by atoms with Crippen LogP contribution in [0.4, 0.5) is 0 Å². The first-order valence-electron chi connectivity index (χ1n) is 7.53. The summed E-state index contributed by atoms with van der Waals surface area (Å²) in [6.07, 6.45) is 0. The van der Waals surface area contributed by atoms with Crippen LogP contribution in [0.25, 0.3) is 0 Å². The Balaban J connectivity index is 1.92. The number of carbonyl (C=O) groups is 3. The third-order valence-corrected chi connectivity index (χ3v) is 4.21. The van der Waals surface area contributed by atoms with Gasteiger partial charge in [-0.25, -0.2) is 0 Å². The van der Waals surface area contributed by atoms with E-state index < -0.39 is 11.8 Å². The zero-order valence-corrected chi connectivity index (χ0v) is 15.4. The van der Waals surface area contributed by atoms with E-state index in [0.29, 0.717) is 31.7 Å². The average Bonchev–Trinajstić information content (AvgIpc) is 2.53. The van der Waals surface area contributed by atoms with Gasteiger partial charge in [-0.15, -0.1) is 0 Å². The molecule has 124 valence electrons. The summed E-state index contributed by atoms with van der Waals surface area (Å²) >= 11 is 2.17. The Morgan fingerprint density at radius 2 is 1.70 bits per heavy atom. The summed E-state index contributed by atoms with van der Waals surface area (Å²) < 4.78 is 1.01. The summed E-state index contributed by atoms with van der Waals surface area (Å²) in [5.74, 6) is -1.15. The molecule has 0 aromatic heterocycles. The Hall–Kier alpha value is -1.64. The van der Waals surface area contributed by atoms with Gasteiger partial charge in [0.1, 0.15) is 0 Å². The van der Waals surface area contributed by atoms with E-state index in [4.69, 9.17) is 0 Å². The van der Waals surface area contributed by atoms with Crippen LogP contribution in [-0.2, 0) is 9.59 Å². The molecule has 1 heterocycles. The lowest BCUT2D eigenvalue weighted by atomic mass is 10.2. The first-order chi connectivity index (χ1) is 10.9. The fraction of sp³-hybridized carbons (Fsp3) is 0.438. The molecule has 1 aliphatic rings. The lowest BCUT2D eigenvalue weighted by Crippen LogP contribution is -2.54. The summed E-state index contributed by atoms with van der Waals surface area (Å²) in [4.78, 5) is 39.4. The fourth-order valence-electron chi connectivity index (χ4n) is 2.38. The van der Waals surface area contributed by atoms with Crippen molar-refractivity contribution >= 4 is 40.3 Å². The van der Waals surface area contributed by atoms with Crippen molar-refractivity contribution < 1.29 is 14.4 Å². The highest BCUT2D eigenvalue weighted by molar-refractivity contribution is 14.1. The Morgan fingerprint density at radius 3 is 2.26 bits per heavy atom. The van der Waals surface area contributed by atoms with Gasteiger partial charge in [-0.05, 0) is 54.6 Å². The number of rotatable bonds is 2. The largest absolute Gasteiger partial charge is 0.346 e. The SMILES string of the molecule is CC(C)NC(=O)C(=O)N1CCN(C(=O)c2cccc(I)c2)CC1. The summed E-state index contributed by atoms with van der Waals surface area (Å²) in [6, 6.07) is 7.34. The van der Waals surface area contributed by atoms with Gasteiger partial charge in [0.25, 0.3) is 5.91 Å².